The Hall–Kier alpha value is -0.830. The second-order valence-corrected chi connectivity index (χ2v) is 7.77. The Labute approximate surface area is 120 Å². The van der Waals surface area contributed by atoms with Crippen LogP contribution in [0.25, 0.3) is 0 Å². The molecule has 4 bridgehead atoms. The molecule has 20 heavy (non-hydrogen) atoms. The fraction of sp³-hybridized carbons (Fsp3) is 0.824. The number of rotatable bonds is 3. The summed E-state index contributed by atoms with van der Waals surface area (Å²) < 4.78 is 5.36. The van der Waals surface area contributed by atoms with Gasteiger partial charge in [-0.25, -0.2) is 0 Å². The van der Waals surface area contributed by atoms with E-state index in [1.165, 1.54) is 12.8 Å². The predicted molar refractivity (Wildman–Crippen MR) is 74.7 cm³/mol. The monoisotopic (exact) mass is 276 g/mol. The average Bonchev–Trinajstić information content (AvgIpc) is 3.12. The molecule has 0 aromatic carbocycles. The van der Waals surface area contributed by atoms with Crippen molar-refractivity contribution in [3.05, 3.63) is 12.2 Å². The first kappa shape index (κ1) is 12.9. The third kappa shape index (κ3) is 1.53. The molecule has 0 heterocycles. The van der Waals surface area contributed by atoms with Crippen molar-refractivity contribution in [1.82, 2.24) is 0 Å². The standard InChI is InChI=1S/C17H24O3/c1-9(18)8-20-16(19)17(2)7-12-6-13(17)15-11-4-3-10(5-11)14(12)15/h3-4,9-15,18H,5-8H2,1-2H3. The molecule has 0 aromatic heterocycles. The molecular formula is C17H24O3. The van der Waals surface area contributed by atoms with Gasteiger partial charge in [-0.05, 0) is 68.6 Å². The highest BCUT2D eigenvalue weighted by molar-refractivity contribution is 5.77. The fourth-order valence-corrected chi connectivity index (χ4v) is 5.97. The van der Waals surface area contributed by atoms with E-state index in [0.717, 1.165) is 18.3 Å². The van der Waals surface area contributed by atoms with Crippen LogP contribution in [0, 0.1) is 40.9 Å². The van der Waals surface area contributed by atoms with Crippen LogP contribution in [-0.4, -0.2) is 23.8 Å². The molecule has 3 heteroatoms. The molecule has 3 fully saturated rings. The smallest absolute Gasteiger partial charge is 0.312 e. The van der Waals surface area contributed by atoms with Gasteiger partial charge in [-0.1, -0.05) is 12.2 Å². The lowest BCUT2D eigenvalue weighted by Gasteiger charge is -2.41. The van der Waals surface area contributed by atoms with E-state index in [4.69, 9.17) is 4.74 Å². The van der Waals surface area contributed by atoms with Gasteiger partial charge in [0, 0.05) is 0 Å². The highest BCUT2D eigenvalue weighted by Crippen LogP contribution is 2.70. The number of hydrogen-bond donors (Lipinski definition) is 1. The van der Waals surface area contributed by atoms with Crippen molar-refractivity contribution in [1.29, 1.82) is 0 Å². The van der Waals surface area contributed by atoms with Crippen LogP contribution < -0.4 is 0 Å². The Morgan fingerprint density at radius 1 is 1.35 bits per heavy atom. The zero-order valence-electron chi connectivity index (χ0n) is 12.3. The molecule has 4 aliphatic rings. The average molecular weight is 276 g/mol. The Kier molecular flexibility index (Phi) is 2.64. The van der Waals surface area contributed by atoms with Crippen molar-refractivity contribution >= 4 is 5.97 Å². The number of esters is 1. The van der Waals surface area contributed by atoms with Crippen molar-refractivity contribution in [3.8, 4) is 0 Å². The second kappa shape index (κ2) is 4.09. The molecule has 0 spiro atoms. The van der Waals surface area contributed by atoms with E-state index in [-0.39, 0.29) is 18.0 Å². The van der Waals surface area contributed by atoms with E-state index < -0.39 is 6.10 Å². The maximum atomic E-state index is 12.5. The van der Waals surface area contributed by atoms with Gasteiger partial charge in [-0.3, -0.25) is 4.79 Å². The van der Waals surface area contributed by atoms with Gasteiger partial charge < -0.3 is 9.84 Å². The molecule has 0 saturated heterocycles. The van der Waals surface area contributed by atoms with Crippen LogP contribution in [0.1, 0.15) is 33.1 Å². The second-order valence-electron chi connectivity index (χ2n) is 7.77. The molecule has 0 radical (unpaired) electrons. The molecule has 8 atom stereocenters. The lowest BCUT2D eigenvalue weighted by molar-refractivity contribution is -0.163. The quantitative estimate of drug-likeness (QED) is 0.489. The minimum Gasteiger partial charge on any atom is -0.463 e. The van der Waals surface area contributed by atoms with E-state index in [9.17, 15) is 9.90 Å². The molecule has 0 aliphatic heterocycles. The van der Waals surface area contributed by atoms with Gasteiger partial charge in [0.1, 0.15) is 6.61 Å². The van der Waals surface area contributed by atoms with E-state index in [2.05, 4.69) is 19.1 Å². The highest BCUT2D eigenvalue weighted by atomic mass is 16.5. The van der Waals surface area contributed by atoms with Crippen molar-refractivity contribution in [2.24, 2.45) is 40.9 Å². The summed E-state index contributed by atoms with van der Waals surface area (Å²) >= 11 is 0. The first-order valence-electron chi connectivity index (χ1n) is 8.04. The van der Waals surface area contributed by atoms with Crippen LogP contribution >= 0.6 is 0 Å². The molecule has 1 N–H and O–H groups in total. The van der Waals surface area contributed by atoms with Crippen LogP contribution in [-0.2, 0) is 9.53 Å². The number of fused-ring (bicyclic) bond motifs is 9. The van der Waals surface area contributed by atoms with Crippen LogP contribution in [0.5, 0.6) is 0 Å². The van der Waals surface area contributed by atoms with Gasteiger partial charge in [0.05, 0.1) is 11.5 Å². The Morgan fingerprint density at radius 2 is 2.05 bits per heavy atom. The van der Waals surface area contributed by atoms with E-state index >= 15 is 0 Å². The maximum absolute atomic E-state index is 12.5. The van der Waals surface area contributed by atoms with Crippen LogP contribution in [0.15, 0.2) is 12.2 Å². The molecular weight excluding hydrogens is 252 g/mol. The molecule has 0 aromatic rings. The van der Waals surface area contributed by atoms with Gasteiger partial charge in [0.15, 0.2) is 0 Å². The SMILES string of the molecule is CC(O)COC(=O)C1(C)CC2CC1C1C3C=CC(C3)C21. The summed E-state index contributed by atoms with van der Waals surface area (Å²) in [6.07, 6.45) is 7.78. The van der Waals surface area contributed by atoms with E-state index in [0.29, 0.717) is 23.7 Å². The summed E-state index contributed by atoms with van der Waals surface area (Å²) in [6, 6.07) is 0. The first-order chi connectivity index (χ1) is 9.50. The minimum absolute atomic E-state index is 0.0731. The number of aliphatic hydroxyl groups is 1. The lowest BCUT2D eigenvalue weighted by atomic mass is 9.63. The number of ether oxygens (including phenoxy) is 1. The lowest BCUT2D eigenvalue weighted by Crippen LogP contribution is -2.43. The minimum atomic E-state index is -0.570. The Morgan fingerprint density at radius 3 is 2.75 bits per heavy atom. The molecule has 110 valence electrons. The van der Waals surface area contributed by atoms with Crippen LogP contribution in [0.3, 0.4) is 0 Å². The van der Waals surface area contributed by atoms with Crippen molar-refractivity contribution < 1.29 is 14.6 Å². The first-order valence-corrected chi connectivity index (χ1v) is 8.04. The third-order valence-corrected chi connectivity index (χ3v) is 6.58. The van der Waals surface area contributed by atoms with Gasteiger partial charge in [-0.15, -0.1) is 0 Å². The van der Waals surface area contributed by atoms with Gasteiger partial charge in [-0.2, -0.15) is 0 Å². The number of aliphatic hydroxyl groups excluding tert-OH is 1. The largest absolute Gasteiger partial charge is 0.463 e. The summed E-state index contributed by atoms with van der Waals surface area (Å²) in [5.41, 5.74) is -0.307. The molecule has 8 unspecified atom stereocenters. The van der Waals surface area contributed by atoms with Gasteiger partial charge in [0.25, 0.3) is 0 Å². The topological polar surface area (TPSA) is 46.5 Å². The molecule has 4 aliphatic carbocycles. The number of carbonyl (C=O) groups is 1. The van der Waals surface area contributed by atoms with E-state index in [1.54, 1.807) is 6.92 Å². The zero-order valence-corrected chi connectivity index (χ0v) is 12.3. The predicted octanol–water partition coefficient (Wildman–Crippen LogP) is 2.39. The Bertz CT molecular complexity index is 469. The van der Waals surface area contributed by atoms with Crippen molar-refractivity contribution in [2.75, 3.05) is 6.61 Å². The summed E-state index contributed by atoms with van der Waals surface area (Å²) in [5, 5.41) is 9.31. The highest BCUT2D eigenvalue weighted by Gasteiger charge is 2.66. The maximum Gasteiger partial charge on any atom is 0.312 e. The normalized spacial score (nSPS) is 52.4. The summed E-state index contributed by atoms with van der Waals surface area (Å²) in [6.45, 7) is 3.90. The molecule has 4 rings (SSSR count). The third-order valence-electron chi connectivity index (χ3n) is 6.58. The summed E-state index contributed by atoms with van der Waals surface area (Å²) in [5.74, 6) is 4.20. The summed E-state index contributed by atoms with van der Waals surface area (Å²) in [4.78, 5) is 12.5. The van der Waals surface area contributed by atoms with Crippen LogP contribution in [0.2, 0.25) is 0 Å². The van der Waals surface area contributed by atoms with Gasteiger partial charge in [0.2, 0.25) is 0 Å². The van der Waals surface area contributed by atoms with Crippen LogP contribution in [0.4, 0.5) is 0 Å². The number of allylic oxidation sites excluding steroid dienone is 2. The number of hydrogen-bond acceptors (Lipinski definition) is 3. The Balaban J connectivity index is 1.54. The van der Waals surface area contributed by atoms with Crippen molar-refractivity contribution in [2.45, 2.75) is 39.2 Å². The molecule has 0 amide bonds. The van der Waals surface area contributed by atoms with Crippen molar-refractivity contribution in [3.63, 3.8) is 0 Å². The van der Waals surface area contributed by atoms with Gasteiger partial charge >= 0.3 is 5.97 Å². The zero-order chi connectivity index (χ0) is 14.1. The molecule has 3 saturated carbocycles. The van der Waals surface area contributed by atoms with E-state index in [1.807, 2.05) is 0 Å². The summed E-state index contributed by atoms with van der Waals surface area (Å²) in [7, 11) is 0. The number of carbonyl (C=O) groups excluding carboxylic acids is 1. The fourth-order valence-electron chi connectivity index (χ4n) is 5.97. The molecule has 3 nitrogen and oxygen atoms in total.